The Balaban J connectivity index is -0.000000270. The third-order valence-corrected chi connectivity index (χ3v) is 3.29. The van der Waals surface area contributed by atoms with Gasteiger partial charge < -0.3 is 24.8 Å². The molecule has 2 nitrogen and oxygen atoms in total. The molecule has 0 N–H and O–H groups in total. The van der Waals surface area contributed by atoms with Gasteiger partial charge >= 0.3 is 37.7 Å². The molecule has 0 aliphatic heterocycles. The summed E-state index contributed by atoms with van der Waals surface area (Å²) >= 11 is 9.85. The van der Waals surface area contributed by atoms with Crippen LogP contribution in [0.1, 0.15) is 0 Å². The van der Waals surface area contributed by atoms with Crippen molar-refractivity contribution in [3.8, 4) is 0 Å². The smallest absolute Gasteiger partial charge is 1.00 e. The van der Waals surface area contributed by atoms with Crippen LogP contribution < -0.4 is 30.4 Å². The molecule has 1 aromatic rings. The largest absolute Gasteiger partial charge is 2.00 e. The van der Waals surface area contributed by atoms with Gasteiger partial charge in [-0.3, -0.25) is 8.75 Å². The molecule has 0 bridgehead atoms. The molecule has 12 heavy (non-hydrogen) atoms. The van der Waals surface area contributed by atoms with Crippen molar-refractivity contribution >= 4 is 76.8 Å². The second-order valence-electron chi connectivity index (χ2n) is 1.48. The average Bonchev–Trinajstić information content (AvgIpc) is 1.98. The van der Waals surface area contributed by atoms with Crippen LogP contribution in [-0.2, 0) is 7.05 Å². The Morgan fingerprint density at radius 3 is 2.00 bits per heavy atom. The van der Waals surface area contributed by atoms with Gasteiger partial charge in [0.15, 0.2) is 0 Å². The molecule has 0 aliphatic rings. The quantitative estimate of drug-likeness (QED) is 0.437. The van der Waals surface area contributed by atoms with Crippen LogP contribution in [0, 0.1) is 0 Å². The molecule has 0 aromatic carbocycles. The maximum Gasteiger partial charge on any atom is 2.00 e. The van der Waals surface area contributed by atoms with E-state index < -0.39 is 0 Å². The number of aryl methyl sites for hydroxylation is 1. The van der Waals surface area contributed by atoms with Crippen molar-refractivity contribution in [2.24, 2.45) is 7.05 Å². The predicted octanol–water partition coefficient (Wildman–Crippen LogP) is -4.51. The molecule has 0 aliphatic carbocycles. The summed E-state index contributed by atoms with van der Waals surface area (Å²) < 4.78 is 2.42. The van der Waals surface area contributed by atoms with E-state index in [-0.39, 0.29) is 68.1 Å². The van der Waals surface area contributed by atoms with E-state index in [1.807, 2.05) is 0 Å². The van der Waals surface area contributed by atoms with Crippen molar-refractivity contribution in [3.63, 3.8) is 0 Å². The average molecular weight is 339 g/mol. The molecular formula is C4H3BrCaCl3NOS. The molecule has 0 spiro atoms. The fourth-order valence-corrected chi connectivity index (χ4v) is 2.00. The Hall–Kier alpha value is 2.04. The van der Waals surface area contributed by atoms with Gasteiger partial charge in [0, 0.05) is 7.05 Å². The van der Waals surface area contributed by atoms with E-state index in [9.17, 15) is 4.79 Å². The molecule has 1 heterocycles. The second-order valence-corrected chi connectivity index (χ2v) is 4.02. The Kier molecular flexibility index (Phi) is 13.6. The van der Waals surface area contributed by atoms with Crippen LogP contribution in [0.2, 0.25) is 4.34 Å². The fourth-order valence-electron chi connectivity index (χ4n) is 0.424. The molecule has 0 unspecified atom stereocenters. The zero-order chi connectivity index (χ0) is 7.02. The SMILES string of the molecule is Cn1sc(Cl)c(Br)c1=O.[Ca+2].[Cl-].[Cl-]. The molecule has 1 rings (SSSR count). The third-order valence-electron chi connectivity index (χ3n) is 0.863. The molecule has 0 amide bonds. The van der Waals surface area contributed by atoms with Crippen molar-refractivity contribution in [2.45, 2.75) is 0 Å². The van der Waals surface area contributed by atoms with Gasteiger partial charge in [-0.05, 0) is 27.5 Å². The third kappa shape index (κ3) is 4.51. The summed E-state index contributed by atoms with van der Waals surface area (Å²) in [6.07, 6.45) is 0. The summed E-state index contributed by atoms with van der Waals surface area (Å²) in [7, 11) is 1.67. The minimum Gasteiger partial charge on any atom is -1.00 e. The summed E-state index contributed by atoms with van der Waals surface area (Å²) in [5.74, 6) is 0. The van der Waals surface area contributed by atoms with Crippen molar-refractivity contribution < 1.29 is 24.8 Å². The summed E-state index contributed by atoms with van der Waals surface area (Å²) in [5, 5.41) is 0. The zero-order valence-corrected chi connectivity index (χ0v) is 12.9. The Morgan fingerprint density at radius 1 is 1.50 bits per heavy atom. The Labute approximate surface area is 130 Å². The Morgan fingerprint density at radius 2 is 1.92 bits per heavy atom. The first-order valence-corrected chi connectivity index (χ1v) is 4.08. The molecule has 0 fully saturated rings. The summed E-state index contributed by atoms with van der Waals surface area (Å²) in [6, 6.07) is 0. The van der Waals surface area contributed by atoms with E-state index in [0.29, 0.717) is 8.81 Å². The van der Waals surface area contributed by atoms with Crippen LogP contribution in [0.4, 0.5) is 0 Å². The number of hydrogen-bond acceptors (Lipinski definition) is 2. The van der Waals surface area contributed by atoms with E-state index in [2.05, 4.69) is 15.9 Å². The molecule has 8 heteroatoms. The first kappa shape index (κ1) is 19.6. The van der Waals surface area contributed by atoms with Crippen LogP contribution in [0.15, 0.2) is 9.27 Å². The molecular weight excluding hydrogens is 336 g/mol. The van der Waals surface area contributed by atoms with Crippen molar-refractivity contribution in [3.05, 3.63) is 19.2 Å². The van der Waals surface area contributed by atoms with Gasteiger partial charge in [-0.15, -0.1) is 0 Å². The van der Waals surface area contributed by atoms with Gasteiger partial charge in [0.2, 0.25) is 0 Å². The van der Waals surface area contributed by atoms with Gasteiger partial charge in [0.1, 0.15) is 8.81 Å². The minimum absolute atomic E-state index is 0. The molecule has 0 radical (unpaired) electrons. The van der Waals surface area contributed by atoms with E-state index in [0.717, 1.165) is 0 Å². The topological polar surface area (TPSA) is 22.0 Å². The molecule has 0 saturated carbocycles. The van der Waals surface area contributed by atoms with Crippen LogP contribution in [0.3, 0.4) is 0 Å². The van der Waals surface area contributed by atoms with E-state index in [4.69, 9.17) is 11.6 Å². The van der Waals surface area contributed by atoms with Crippen LogP contribution in [-0.4, -0.2) is 41.7 Å². The van der Waals surface area contributed by atoms with Crippen molar-refractivity contribution in [1.29, 1.82) is 0 Å². The van der Waals surface area contributed by atoms with Crippen LogP contribution >= 0.6 is 39.1 Å². The first-order chi connectivity index (χ1) is 4.13. The summed E-state index contributed by atoms with van der Waals surface area (Å²) in [4.78, 5) is 10.8. The number of nitrogens with zero attached hydrogens (tertiary/aromatic N) is 1. The predicted molar refractivity (Wildman–Crippen MR) is 48.0 cm³/mol. The summed E-state index contributed by atoms with van der Waals surface area (Å²) in [6.45, 7) is 0. The molecule has 66 valence electrons. The molecule has 0 atom stereocenters. The van der Waals surface area contributed by atoms with Crippen LogP contribution in [0.5, 0.6) is 0 Å². The van der Waals surface area contributed by atoms with Gasteiger partial charge in [0.05, 0.1) is 0 Å². The monoisotopic (exact) mass is 337 g/mol. The maximum atomic E-state index is 10.8. The zero-order valence-electron chi connectivity index (χ0n) is 5.98. The minimum atomic E-state index is -0.0787. The van der Waals surface area contributed by atoms with E-state index >= 15 is 0 Å². The second kappa shape index (κ2) is 8.36. The first-order valence-electron chi connectivity index (χ1n) is 2.14. The maximum absolute atomic E-state index is 10.8. The number of aromatic nitrogens is 1. The van der Waals surface area contributed by atoms with Gasteiger partial charge in [0.25, 0.3) is 5.56 Å². The number of rotatable bonds is 0. The van der Waals surface area contributed by atoms with Crippen molar-refractivity contribution in [1.82, 2.24) is 3.96 Å². The fraction of sp³-hybridized carbons (Fsp3) is 0.250. The van der Waals surface area contributed by atoms with Crippen molar-refractivity contribution in [2.75, 3.05) is 0 Å². The summed E-state index contributed by atoms with van der Waals surface area (Å²) in [5.41, 5.74) is -0.0787. The normalized spacial score (nSPS) is 7.58. The number of halogens is 4. The van der Waals surface area contributed by atoms with Gasteiger partial charge in [-0.1, -0.05) is 11.6 Å². The van der Waals surface area contributed by atoms with E-state index in [1.165, 1.54) is 15.5 Å². The molecule has 1 aromatic heterocycles. The van der Waals surface area contributed by atoms with E-state index in [1.54, 1.807) is 7.05 Å². The van der Waals surface area contributed by atoms with Gasteiger partial charge in [-0.2, -0.15) is 0 Å². The van der Waals surface area contributed by atoms with Crippen LogP contribution in [0.25, 0.3) is 0 Å². The van der Waals surface area contributed by atoms with Gasteiger partial charge in [-0.25, -0.2) is 0 Å². The standard InChI is InChI=1S/C4H3BrClNOS.Ca.2ClH/c1-7-4(8)2(5)3(6)9-7;;;/h1H3;;2*1H/q;+2;;/p-2. The molecule has 0 saturated heterocycles. The number of hydrogen-bond donors (Lipinski definition) is 0. The Bertz CT molecular complexity index is 288.